The van der Waals surface area contributed by atoms with Crippen LogP contribution in [0, 0.1) is 5.92 Å². The number of aliphatic hydroxyl groups is 1. The van der Waals surface area contributed by atoms with Gasteiger partial charge >= 0.3 is 5.97 Å². The Balaban J connectivity index is 1.74. The smallest absolute Gasteiger partial charge is 0.335 e. The molecule has 0 saturated heterocycles. The Morgan fingerprint density at radius 3 is 2.81 bits per heavy atom. The van der Waals surface area contributed by atoms with Crippen molar-refractivity contribution in [3.63, 3.8) is 0 Å². The highest BCUT2D eigenvalue weighted by molar-refractivity contribution is 7.38. The maximum Gasteiger partial charge on any atom is 0.335 e. The molecule has 4 atom stereocenters. The molecule has 2 unspecified atom stereocenters. The number of benzene rings is 1. The number of carbonyl (C=O) groups is 1. The molecule has 0 fully saturated rings. The number of carboxylic acids is 1. The van der Waals surface area contributed by atoms with E-state index in [2.05, 4.69) is 17.5 Å². The quantitative estimate of drug-likeness (QED) is 0.282. The second-order valence-corrected chi connectivity index (χ2v) is 8.26. The molecule has 0 aliphatic heterocycles. The zero-order valence-corrected chi connectivity index (χ0v) is 15.8. The maximum absolute atomic E-state index is 11.7. The topological polar surface area (TPSA) is 107 Å². The zero-order chi connectivity index (χ0) is 18.9. The van der Waals surface area contributed by atoms with Crippen molar-refractivity contribution in [1.29, 1.82) is 0 Å². The van der Waals surface area contributed by atoms with Crippen molar-refractivity contribution in [2.75, 3.05) is 13.1 Å². The molecule has 1 aromatic carbocycles. The molecular formula is C19H28NO5P. The first kappa shape index (κ1) is 20.8. The Morgan fingerprint density at radius 2 is 2.15 bits per heavy atom. The summed E-state index contributed by atoms with van der Waals surface area (Å²) in [7, 11) is -2.68. The van der Waals surface area contributed by atoms with Crippen molar-refractivity contribution in [2.24, 2.45) is 5.92 Å². The van der Waals surface area contributed by atoms with Crippen molar-refractivity contribution in [1.82, 2.24) is 5.32 Å². The second kappa shape index (κ2) is 10.6. The standard InChI is InChI=1S/C19H28NO5P/c21-17(12-18(26(24)25)15-6-2-1-3-7-15)13-20-10-9-14-5-4-8-16(11-14)19(22)23/h1-2,4-5,8,11,15,17-18,20-21,26H,3,6-7,9-10,12-13H2,(H,22,23)(H,24,25)/t15?,17-,18+/m0/s1. The fourth-order valence-corrected chi connectivity index (χ4v) is 4.59. The van der Waals surface area contributed by atoms with Crippen LogP contribution in [0.2, 0.25) is 0 Å². The van der Waals surface area contributed by atoms with Crippen LogP contribution in [0.3, 0.4) is 0 Å². The molecule has 0 saturated carbocycles. The average Bonchev–Trinajstić information content (AvgIpc) is 2.64. The van der Waals surface area contributed by atoms with Gasteiger partial charge in [-0.2, -0.15) is 0 Å². The van der Waals surface area contributed by atoms with Gasteiger partial charge in [0.1, 0.15) is 0 Å². The van der Waals surface area contributed by atoms with E-state index in [9.17, 15) is 19.4 Å². The molecule has 2 rings (SSSR count). The summed E-state index contributed by atoms with van der Waals surface area (Å²) in [6, 6.07) is 6.79. The van der Waals surface area contributed by atoms with Gasteiger partial charge in [0, 0.05) is 12.2 Å². The van der Waals surface area contributed by atoms with E-state index in [0.717, 1.165) is 24.8 Å². The average molecular weight is 381 g/mol. The van der Waals surface area contributed by atoms with E-state index in [1.807, 2.05) is 6.07 Å². The predicted octanol–water partition coefficient (Wildman–Crippen LogP) is 2.46. The monoisotopic (exact) mass is 381 g/mol. The minimum Gasteiger partial charge on any atom is -0.478 e. The molecule has 1 aliphatic carbocycles. The van der Waals surface area contributed by atoms with E-state index in [0.29, 0.717) is 25.9 Å². The first-order valence-electron chi connectivity index (χ1n) is 9.06. The third-order valence-corrected chi connectivity index (χ3v) is 6.21. The number of rotatable bonds is 10. The normalized spacial score (nSPS) is 20.5. The SMILES string of the molecule is O=C(O)c1cccc(CCNC[C@@H](O)C[C@H](C2CC=CCC2)[PH](=O)O)c1. The Hall–Kier alpha value is -1.46. The zero-order valence-electron chi connectivity index (χ0n) is 14.8. The highest BCUT2D eigenvalue weighted by Crippen LogP contribution is 2.38. The Kier molecular flexibility index (Phi) is 8.52. The lowest BCUT2D eigenvalue weighted by Gasteiger charge is -2.27. The molecular weight excluding hydrogens is 353 g/mol. The summed E-state index contributed by atoms with van der Waals surface area (Å²) in [6.07, 6.45) is 7.11. The van der Waals surface area contributed by atoms with Crippen molar-refractivity contribution in [2.45, 2.75) is 43.9 Å². The van der Waals surface area contributed by atoms with Crippen LogP contribution in [0.4, 0.5) is 0 Å². The first-order valence-corrected chi connectivity index (χ1v) is 10.5. The Labute approximate surface area is 154 Å². The van der Waals surface area contributed by atoms with Gasteiger partial charge in [-0.05, 0) is 62.3 Å². The van der Waals surface area contributed by atoms with Crippen molar-refractivity contribution < 1.29 is 24.5 Å². The van der Waals surface area contributed by atoms with Gasteiger partial charge in [0.15, 0.2) is 8.03 Å². The fourth-order valence-electron chi connectivity index (χ4n) is 3.42. The molecule has 0 radical (unpaired) electrons. The fraction of sp³-hybridized carbons (Fsp3) is 0.526. The maximum atomic E-state index is 11.7. The Bertz CT molecular complexity index is 649. The van der Waals surface area contributed by atoms with Crippen molar-refractivity contribution in [3.05, 3.63) is 47.5 Å². The minimum absolute atomic E-state index is 0.171. The first-order chi connectivity index (χ1) is 12.5. The molecule has 1 aromatic rings. The third kappa shape index (κ3) is 6.69. The van der Waals surface area contributed by atoms with Crippen LogP contribution < -0.4 is 5.32 Å². The molecule has 0 bridgehead atoms. The highest BCUT2D eigenvalue weighted by Gasteiger charge is 2.28. The lowest BCUT2D eigenvalue weighted by Crippen LogP contribution is -2.32. The van der Waals surface area contributed by atoms with E-state index in [1.165, 1.54) is 0 Å². The van der Waals surface area contributed by atoms with Crippen LogP contribution in [0.15, 0.2) is 36.4 Å². The third-order valence-electron chi connectivity index (χ3n) is 4.87. The second-order valence-electron chi connectivity index (χ2n) is 6.84. The summed E-state index contributed by atoms with van der Waals surface area (Å²) in [4.78, 5) is 20.6. The van der Waals surface area contributed by atoms with Gasteiger partial charge in [-0.3, -0.25) is 4.57 Å². The summed E-state index contributed by atoms with van der Waals surface area (Å²) < 4.78 is 11.7. The largest absolute Gasteiger partial charge is 0.478 e. The summed E-state index contributed by atoms with van der Waals surface area (Å²) >= 11 is 0. The summed E-state index contributed by atoms with van der Waals surface area (Å²) in [6.45, 7) is 0.956. The molecule has 6 nitrogen and oxygen atoms in total. The minimum atomic E-state index is -2.68. The molecule has 1 aliphatic rings. The van der Waals surface area contributed by atoms with E-state index in [-0.39, 0.29) is 17.1 Å². The van der Waals surface area contributed by atoms with Crippen LogP contribution >= 0.6 is 8.03 Å². The molecule has 0 spiro atoms. The van der Waals surface area contributed by atoms with Crippen molar-refractivity contribution in [3.8, 4) is 0 Å². The van der Waals surface area contributed by atoms with Gasteiger partial charge in [-0.1, -0.05) is 24.3 Å². The number of aliphatic hydroxyl groups excluding tert-OH is 1. The number of hydrogen-bond donors (Lipinski definition) is 4. The summed E-state index contributed by atoms with van der Waals surface area (Å²) in [5.74, 6) is -0.775. The number of nitrogens with one attached hydrogen (secondary N) is 1. The van der Waals surface area contributed by atoms with Gasteiger partial charge < -0.3 is 20.4 Å². The van der Waals surface area contributed by atoms with Gasteiger partial charge in [-0.15, -0.1) is 0 Å². The molecule has 0 heterocycles. The van der Waals surface area contributed by atoms with Crippen LogP contribution in [0.25, 0.3) is 0 Å². The number of aromatic carboxylic acids is 1. The van der Waals surface area contributed by atoms with E-state index in [1.54, 1.807) is 18.2 Å². The van der Waals surface area contributed by atoms with Crippen LogP contribution in [0.5, 0.6) is 0 Å². The van der Waals surface area contributed by atoms with E-state index in [4.69, 9.17) is 5.11 Å². The van der Waals surface area contributed by atoms with Gasteiger partial charge in [-0.25, -0.2) is 4.79 Å². The van der Waals surface area contributed by atoms with Gasteiger partial charge in [0.2, 0.25) is 0 Å². The van der Waals surface area contributed by atoms with E-state index >= 15 is 0 Å². The lowest BCUT2D eigenvalue weighted by molar-refractivity contribution is 0.0696. The molecule has 144 valence electrons. The Morgan fingerprint density at radius 1 is 1.35 bits per heavy atom. The van der Waals surface area contributed by atoms with E-state index < -0.39 is 20.1 Å². The van der Waals surface area contributed by atoms with Crippen LogP contribution in [-0.4, -0.2) is 45.9 Å². The molecule has 0 aromatic heterocycles. The summed E-state index contributed by atoms with van der Waals surface area (Å²) in [5, 5.41) is 22.4. The number of hydrogen-bond acceptors (Lipinski definition) is 4. The van der Waals surface area contributed by atoms with Crippen molar-refractivity contribution >= 4 is 14.0 Å². The number of allylic oxidation sites excluding steroid dienone is 2. The highest BCUT2D eigenvalue weighted by atomic mass is 31.1. The lowest BCUT2D eigenvalue weighted by atomic mass is 9.89. The molecule has 4 N–H and O–H groups in total. The van der Waals surface area contributed by atoms with Crippen LogP contribution in [0.1, 0.15) is 41.6 Å². The summed E-state index contributed by atoms with van der Waals surface area (Å²) in [5.41, 5.74) is 0.841. The molecule has 0 amide bonds. The van der Waals surface area contributed by atoms with Crippen LogP contribution in [-0.2, 0) is 11.0 Å². The molecule has 26 heavy (non-hydrogen) atoms. The predicted molar refractivity (Wildman–Crippen MR) is 102 cm³/mol. The van der Waals surface area contributed by atoms with Gasteiger partial charge in [0.05, 0.1) is 11.7 Å². The van der Waals surface area contributed by atoms with Gasteiger partial charge in [0.25, 0.3) is 0 Å². The molecule has 7 heteroatoms. The number of carboxylic acid groups (broad SMARTS) is 1.